The van der Waals surface area contributed by atoms with Gasteiger partial charge < -0.3 is 16.8 Å². The summed E-state index contributed by atoms with van der Waals surface area (Å²) in [5, 5.41) is 3.19. The second-order valence-corrected chi connectivity index (χ2v) is 6.35. The number of nitrogens with one attached hydrogen (secondary N) is 1. The normalized spacial score (nSPS) is 10.3. The average Bonchev–Trinajstić information content (AvgIpc) is 2.64. The number of benzene rings is 2. The molecule has 1 aromatic heterocycles. The molecule has 0 saturated carbocycles. The summed E-state index contributed by atoms with van der Waals surface area (Å²) in [7, 11) is 0. The maximum Gasteiger partial charge on any atom is 0.278 e. The number of primary amides is 1. The van der Waals surface area contributed by atoms with Gasteiger partial charge >= 0.3 is 0 Å². The second-order valence-electron chi connectivity index (χ2n) is 5.26. The number of anilines is 2. The Bertz CT molecular complexity index is 963. The Morgan fingerprint density at radius 1 is 1.04 bits per heavy atom. The molecule has 2 amide bonds. The number of nitrogens with two attached hydrogens (primary N) is 2. The van der Waals surface area contributed by atoms with E-state index in [0.29, 0.717) is 10.7 Å². The van der Waals surface area contributed by atoms with E-state index in [-0.39, 0.29) is 17.1 Å². The van der Waals surface area contributed by atoms with Crippen molar-refractivity contribution in [1.82, 2.24) is 9.97 Å². The van der Waals surface area contributed by atoms with Gasteiger partial charge in [-0.25, -0.2) is 9.97 Å². The van der Waals surface area contributed by atoms with Crippen molar-refractivity contribution in [3.8, 4) is 0 Å². The van der Waals surface area contributed by atoms with Gasteiger partial charge in [-0.3, -0.25) is 9.59 Å². The monoisotopic (exact) mass is 365 g/mol. The lowest BCUT2D eigenvalue weighted by molar-refractivity contribution is 0.0995. The molecule has 3 aromatic rings. The molecule has 8 heteroatoms. The molecule has 130 valence electrons. The van der Waals surface area contributed by atoms with Crippen molar-refractivity contribution in [3.63, 3.8) is 0 Å². The Morgan fingerprint density at radius 2 is 1.81 bits per heavy atom. The topological polar surface area (TPSA) is 124 Å². The van der Waals surface area contributed by atoms with Gasteiger partial charge in [0.05, 0.1) is 6.20 Å². The van der Waals surface area contributed by atoms with Gasteiger partial charge in [-0.15, -0.1) is 0 Å². The number of nitrogen functional groups attached to an aromatic ring is 1. The maximum atomic E-state index is 12.5. The van der Waals surface area contributed by atoms with Gasteiger partial charge in [0.2, 0.25) is 5.91 Å². The van der Waals surface area contributed by atoms with E-state index in [1.165, 1.54) is 24.0 Å². The molecular weight excluding hydrogens is 350 g/mol. The molecule has 7 nitrogen and oxygen atoms in total. The van der Waals surface area contributed by atoms with Crippen LogP contribution in [0.5, 0.6) is 0 Å². The number of hydrogen-bond acceptors (Lipinski definition) is 6. The lowest BCUT2D eigenvalue weighted by Crippen LogP contribution is -2.18. The molecule has 0 unspecified atom stereocenters. The number of hydrogen-bond donors (Lipinski definition) is 3. The highest BCUT2D eigenvalue weighted by Gasteiger charge is 2.15. The summed E-state index contributed by atoms with van der Waals surface area (Å²) in [5.74, 6) is -1.08. The SMILES string of the molecule is NC(=O)c1cccc(NC(=O)c2nc(Sc3ccccc3)cnc2N)c1. The van der Waals surface area contributed by atoms with E-state index in [1.807, 2.05) is 30.3 Å². The van der Waals surface area contributed by atoms with Crippen LogP contribution in [-0.4, -0.2) is 21.8 Å². The first-order valence-corrected chi connectivity index (χ1v) is 8.41. The molecule has 5 N–H and O–H groups in total. The van der Waals surface area contributed by atoms with Crippen molar-refractivity contribution in [3.05, 3.63) is 72.1 Å². The summed E-state index contributed by atoms with van der Waals surface area (Å²) < 4.78 is 0. The van der Waals surface area contributed by atoms with Crippen molar-refractivity contribution in [1.29, 1.82) is 0 Å². The first-order chi connectivity index (χ1) is 12.5. The van der Waals surface area contributed by atoms with Crippen LogP contribution in [0.2, 0.25) is 0 Å². The predicted octanol–water partition coefficient (Wildman–Crippen LogP) is 2.56. The van der Waals surface area contributed by atoms with E-state index in [0.717, 1.165) is 4.90 Å². The van der Waals surface area contributed by atoms with E-state index in [9.17, 15) is 9.59 Å². The van der Waals surface area contributed by atoms with E-state index in [4.69, 9.17) is 11.5 Å². The Morgan fingerprint density at radius 3 is 2.54 bits per heavy atom. The molecule has 0 aliphatic rings. The number of aromatic nitrogens is 2. The molecule has 0 aliphatic heterocycles. The van der Waals surface area contributed by atoms with Crippen LogP contribution in [0.15, 0.2) is 70.7 Å². The molecule has 26 heavy (non-hydrogen) atoms. The molecule has 2 aromatic carbocycles. The molecule has 3 rings (SSSR count). The Hall–Kier alpha value is -3.39. The largest absolute Gasteiger partial charge is 0.382 e. The standard InChI is InChI=1S/C18H15N5O2S/c19-16-15(18(25)22-12-6-4-5-11(9-12)17(20)24)23-14(10-21-16)26-13-7-2-1-3-8-13/h1-10H,(H2,19,21)(H2,20,24)(H,22,25). The Balaban J connectivity index is 1.81. The lowest BCUT2D eigenvalue weighted by Gasteiger charge is -2.08. The summed E-state index contributed by atoms with van der Waals surface area (Å²) in [6.07, 6.45) is 1.51. The van der Waals surface area contributed by atoms with Crippen LogP contribution >= 0.6 is 11.8 Å². The molecule has 0 aliphatic carbocycles. The first-order valence-electron chi connectivity index (χ1n) is 7.59. The minimum absolute atomic E-state index is 0.00964. The molecule has 1 heterocycles. The second kappa shape index (κ2) is 7.66. The Labute approximate surface area is 153 Å². The molecule has 0 radical (unpaired) electrons. The number of rotatable bonds is 5. The zero-order chi connectivity index (χ0) is 18.5. The van der Waals surface area contributed by atoms with Gasteiger partial charge in [-0.2, -0.15) is 0 Å². The Kier molecular flexibility index (Phi) is 5.14. The van der Waals surface area contributed by atoms with Crippen molar-refractivity contribution in [2.45, 2.75) is 9.92 Å². The van der Waals surface area contributed by atoms with Gasteiger partial charge in [0.25, 0.3) is 5.91 Å². The summed E-state index contributed by atoms with van der Waals surface area (Å²) in [4.78, 5) is 33.0. The molecule has 0 spiro atoms. The van der Waals surface area contributed by atoms with Crippen LogP contribution in [0.1, 0.15) is 20.8 Å². The summed E-state index contributed by atoms with van der Waals surface area (Å²) >= 11 is 1.37. The van der Waals surface area contributed by atoms with Gasteiger partial charge in [0.15, 0.2) is 11.5 Å². The van der Waals surface area contributed by atoms with Crippen molar-refractivity contribution < 1.29 is 9.59 Å². The van der Waals surface area contributed by atoms with Gasteiger partial charge in [-0.1, -0.05) is 36.0 Å². The fourth-order valence-electron chi connectivity index (χ4n) is 2.15. The highest BCUT2D eigenvalue weighted by atomic mass is 32.2. The minimum Gasteiger partial charge on any atom is -0.382 e. The van der Waals surface area contributed by atoms with Crippen molar-refractivity contribution in [2.75, 3.05) is 11.1 Å². The quantitative estimate of drug-likeness (QED) is 0.638. The summed E-state index contributed by atoms with van der Waals surface area (Å²) in [5.41, 5.74) is 11.8. The van der Waals surface area contributed by atoms with Crippen LogP contribution in [0.4, 0.5) is 11.5 Å². The maximum absolute atomic E-state index is 12.5. The average molecular weight is 365 g/mol. The molecule has 0 atom stereocenters. The molecule has 0 saturated heterocycles. The number of amides is 2. The minimum atomic E-state index is -0.582. The van der Waals surface area contributed by atoms with Gasteiger partial charge in [0, 0.05) is 16.1 Å². The molecule has 0 fully saturated rings. The third-order valence-electron chi connectivity index (χ3n) is 3.36. The van der Waals surface area contributed by atoms with E-state index in [1.54, 1.807) is 18.2 Å². The van der Waals surface area contributed by atoms with Crippen LogP contribution in [0.3, 0.4) is 0 Å². The van der Waals surface area contributed by atoms with Crippen LogP contribution in [0, 0.1) is 0 Å². The van der Waals surface area contributed by atoms with Crippen LogP contribution in [0.25, 0.3) is 0 Å². The zero-order valence-electron chi connectivity index (χ0n) is 13.5. The number of carbonyl (C=O) groups excluding carboxylic acids is 2. The fraction of sp³-hybridized carbons (Fsp3) is 0. The molecule has 0 bridgehead atoms. The van der Waals surface area contributed by atoms with Gasteiger partial charge in [-0.05, 0) is 30.3 Å². The third-order valence-corrected chi connectivity index (χ3v) is 4.28. The number of nitrogens with zero attached hydrogens (tertiary/aromatic N) is 2. The van der Waals surface area contributed by atoms with E-state index < -0.39 is 11.8 Å². The van der Waals surface area contributed by atoms with E-state index >= 15 is 0 Å². The number of carbonyl (C=O) groups is 2. The van der Waals surface area contributed by atoms with E-state index in [2.05, 4.69) is 15.3 Å². The van der Waals surface area contributed by atoms with Crippen LogP contribution in [-0.2, 0) is 0 Å². The third kappa shape index (κ3) is 4.17. The summed E-state index contributed by atoms with van der Waals surface area (Å²) in [6.45, 7) is 0. The molecular formula is C18H15N5O2S. The lowest BCUT2D eigenvalue weighted by atomic mass is 10.2. The highest BCUT2D eigenvalue weighted by molar-refractivity contribution is 7.99. The summed E-state index contributed by atoms with van der Waals surface area (Å²) in [6, 6.07) is 15.9. The predicted molar refractivity (Wildman–Crippen MR) is 99.9 cm³/mol. The van der Waals surface area contributed by atoms with Crippen LogP contribution < -0.4 is 16.8 Å². The van der Waals surface area contributed by atoms with Gasteiger partial charge in [0.1, 0.15) is 5.03 Å². The highest BCUT2D eigenvalue weighted by Crippen LogP contribution is 2.26. The fourth-order valence-corrected chi connectivity index (χ4v) is 2.93. The van der Waals surface area contributed by atoms with Crippen molar-refractivity contribution >= 4 is 35.1 Å². The smallest absolute Gasteiger partial charge is 0.278 e. The first kappa shape index (κ1) is 17.4. The van der Waals surface area contributed by atoms with Crippen molar-refractivity contribution in [2.24, 2.45) is 5.73 Å². The zero-order valence-corrected chi connectivity index (χ0v) is 14.4.